The second-order valence-corrected chi connectivity index (χ2v) is 31.8. The Morgan fingerprint density at radius 2 is 0.438 bits per heavy atom. The van der Waals surface area contributed by atoms with E-state index in [1.807, 2.05) is 0 Å². The van der Waals surface area contributed by atoms with Gasteiger partial charge in [-0.25, -0.2) is 17.2 Å². The SMILES string of the molecule is C=Cc1ccn(S(=O)(=O)c2ccccc2)c1C(=O)O.[Pd].c1ccc(P(c2ccccc2)c2ccccc2)cc1.c1ccc(P(c2ccccc2)c2ccccc2)cc1.c1ccc(P(c2ccccc2)c2ccccc2)cc1.c1ccc(P(c2ccccc2)c2ccccc2)cc1. The summed E-state index contributed by atoms with van der Waals surface area (Å²) in [5.41, 5.74) is -0.0640. The van der Waals surface area contributed by atoms with E-state index in [0.717, 1.165) is 3.97 Å². The number of rotatable bonds is 16. The van der Waals surface area contributed by atoms with Crippen LogP contribution in [0.25, 0.3) is 6.08 Å². The molecule has 0 saturated carbocycles. The molecule has 13 aromatic carbocycles. The van der Waals surface area contributed by atoms with Crippen LogP contribution in [0.5, 0.6) is 0 Å². The van der Waals surface area contributed by atoms with Gasteiger partial charge in [0.2, 0.25) is 0 Å². The molecule has 0 unspecified atom stereocenters. The summed E-state index contributed by atoms with van der Waals surface area (Å²) >= 11 is 0. The minimum Gasteiger partial charge on any atom is -0.477 e. The molecule has 0 radical (unpaired) electrons. The molecule has 5 nitrogen and oxygen atoms in total. The fourth-order valence-corrected chi connectivity index (χ4v) is 21.0. The molecule has 1 heterocycles. The molecule has 0 saturated heterocycles. The van der Waals surface area contributed by atoms with Gasteiger partial charge < -0.3 is 5.11 Å². The third-order valence-electron chi connectivity index (χ3n) is 14.8. The van der Waals surface area contributed by atoms with Crippen molar-refractivity contribution in [3.8, 4) is 0 Å². The van der Waals surface area contributed by atoms with Gasteiger partial charge in [0, 0.05) is 32.2 Å². The summed E-state index contributed by atoms with van der Waals surface area (Å²) in [6.45, 7) is 3.47. The third-order valence-corrected chi connectivity index (χ3v) is 26.2. The van der Waals surface area contributed by atoms with Crippen molar-refractivity contribution in [3.05, 3.63) is 424 Å². The van der Waals surface area contributed by atoms with Gasteiger partial charge in [0.25, 0.3) is 10.0 Å². The van der Waals surface area contributed by atoms with E-state index in [9.17, 15) is 13.2 Å². The monoisotopic (exact) mass is 1430 g/mol. The molecule has 0 fully saturated rings. The Morgan fingerprint density at radius 3 is 0.583 bits per heavy atom. The van der Waals surface area contributed by atoms with Crippen molar-refractivity contribution in [1.29, 1.82) is 0 Å². The van der Waals surface area contributed by atoms with Gasteiger partial charge >= 0.3 is 5.97 Å². The van der Waals surface area contributed by atoms with Crippen LogP contribution < -0.4 is 63.7 Å². The second-order valence-electron chi connectivity index (χ2n) is 21.1. The van der Waals surface area contributed by atoms with Gasteiger partial charge in [-0.3, -0.25) is 0 Å². The zero-order chi connectivity index (χ0) is 65.7. The molecule has 1 N–H and O–H groups in total. The summed E-state index contributed by atoms with van der Waals surface area (Å²) in [5, 5.41) is 25.9. The molecular weight excluding hydrogens is 1360 g/mol. The molecule has 14 rings (SSSR count). The van der Waals surface area contributed by atoms with E-state index in [1.54, 1.807) is 18.2 Å². The largest absolute Gasteiger partial charge is 0.477 e. The van der Waals surface area contributed by atoms with Crippen LogP contribution >= 0.6 is 31.7 Å². The van der Waals surface area contributed by atoms with Gasteiger partial charge in [-0.05, 0) is 114 Å². The number of hydrogen-bond donors (Lipinski definition) is 1. The Kier molecular flexibility index (Phi) is 27.9. The number of benzene rings is 13. The van der Waals surface area contributed by atoms with Crippen LogP contribution in [0.1, 0.15) is 16.1 Å². The molecular formula is C85H71NO4P4PdS. The summed E-state index contributed by atoms with van der Waals surface area (Å²) in [7, 11) is -5.70. The first-order chi connectivity index (χ1) is 46.8. The first kappa shape index (κ1) is 71.0. The predicted molar refractivity (Wildman–Crippen MR) is 411 cm³/mol. The summed E-state index contributed by atoms with van der Waals surface area (Å²) in [4.78, 5) is 11.2. The summed E-state index contributed by atoms with van der Waals surface area (Å²) in [6, 6.07) is 138. The zero-order valence-corrected chi connectivity index (χ0v) is 58.5. The van der Waals surface area contributed by atoms with Crippen molar-refractivity contribution in [2.24, 2.45) is 0 Å². The summed E-state index contributed by atoms with van der Waals surface area (Å²) in [6.07, 6.45) is 2.52. The number of carboxylic acids is 1. The van der Waals surface area contributed by atoms with Crippen molar-refractivity contribution in [3.63, 3.8) is 0 Å². The maximum absolute atomic E-state index is 12.4. The second kappa shape index (κ2) is 37.7. The number of carboxylic acid groups (broad SMARTS) is 1. The molecule has 96 heavy (non-hydrogen) atoms. The first-order valence-corrected chi connectivity index (χ1v) is 37.8. The van der Waals surface area contributed by atoms with Crippen molar-refractivity contribution in [2.75, 3.05) is 0 Å². The zero-order valence-electron chi connectivity index (χ0n) is 52.6. The van der Waals surface area contributed by atoms with Crippen LogP contribution in [0.4, 0.5) is 0 Å². The smallest absolute Gasteiger partial charge is 0.354 e. The molecule has 476 valence electrons. The van der Waals surface area contributed by atoms with Crippen LogP contribution in [-0.4, -0.2) is 23.5 Å². The Hall–Kier alpha value is -9.32. The van der Waals surface area contributed by atoms with E-state index < -0.39 is 47.7 Å². The molecule has 14 aromatic rings. The molecule has 0 spiro atoms. The van der Waals surface area contributed by atoms with E-state index in [-0.39, 0.29) is 36.6 Å². The molecule has 0 atom stereocenters. The van der Waals surface area contributed by atoms with Crippen LogP contribution in [-0.2, 0) is 30.4 Å². The van der Waals surface area contributed by atoms with E-state index >= 15 is 0 Å². The first-order valence-electron chi connectivity index (χ1n) is 31.0. The minimum atomic E-state index is -3.92. The molecule has 1 aromatic heterocycles. The number of hydrogen-bond acceptors (Lipinski definition) is 3. The maximum atomic E-state index is 12.4. The maximum Gasteiger partial charge on any atom is 0.354 e. The molecule has 0 aliphatic heterocycles. The van der Waals surface area contributed by atoms with Crippen molar-refractivity contribution >= 4 is 117 Å². The molecule has 0 aliphatic rings. The van der Waals surface area contributed by atoms with Gasteiger partial charge in [-0.2, -0.15) is 0 Å². The molecule has 0 amide bonds. The van der Waals surface area contributed by atoms with Gasteiger partial charge in [0.05, 0.1) is 4.90 Å². The topological polar surface area (TPSA) is 76.4 Å². The number of nitrogens with zero attached hydrogens (tertiary/aromatic N) is 1. The van der Waals surface area contributed by atoms with Crippen molar-refractivity contribution in [2.45, 2.75) is 4.90 Å². The Bertz CT molecular complexity index is 3780. The van der Waals surface area contributed by atoms with Crippen LogP contribution in [0, 0.1) is 0 Å². The van der Waals surface area contributed by atoms with Gasteiger partial charge in [0.1, 0.15) is 5.69 Å². The normalized spacial score (nSPS) is 10.6. The fourth-order valence-electron chi connectivity index (χ4n) is 10.4. The van der Waals surface area contributed by atoms with Crippen molar-refractivity contribution < 1.29 is 38.7 Å². The number of carbonyl (C=O) groups is 1. The van der Waals surface area contributed by atoms with E-state index in [4.69, 9.17) is 5.11 Å². The van der Waals surface area contributed by atoms with Crippen molar-refractivity contribution in [1.82, 2.24) is 3.97 Å². The average Bonchev–Trinajstić information content (AvgIpc) is 1.59. The van der Waals surface area contributed by atoms with Crippen LogP contribution in [0.3, 0.4) is 0 Å². The van der Waals surface area contributed by atoms with E-state index in [2.05, 4.69) is 371 Å². The Labute approximate surface area is 585 Å². The standard InChI is InChI=1S/4C18H15P.C13H11NO4S.Pd/c4*1-4-10-16(11-5-1)19(17-12-6-2-7-13-17)18-14-8-3-9-15-18;1-2-10-8-9-14(12(10)13(15)16)19(17,18)11-6-4-3-5-7-11;/h4*1-15H;2-9H,1H2,(H,15,16);. The van der Waals surface area contributed by atoms with E-state index in [0.29, 0.717) is 0 Å². The molecule has 0 bridgehead atoms. The predicted octanol–water partition coefficient (Wildman–Crippen LogP) is 15.8. The average molecular weight is 1430 g/mol. The third kappa shape index (κ3) is 19.7. The molecule has 11 heteroatoms. The van der Waals surface area contributed by atoms with Gasteiger partial charge in [-0.1, -0.05) is 395 Å². The van der Waals surface area contributed by atoms with Crippen LogP contribution in [0.15, 0.2) is 418 Å². The fraction of sp³-hybridized carbons (Fsp3) is 0. The number of aromatic carboxylic acids is 1. The summed E-state index contributed by atoms with van der Waals surface area (Å²) < 4.78 is 25.5. The Morgan fingerprint density at radius 1 is 0.281 bits per heavy atom. The van der Waals surface area contributed by atoms with Gasteiger partial charge in [0.15, 0.2) is 0 Å². The van der Waals surface area contributed by atoms with E-state index in [1.165, 1.54) is 94.1 Å². The summed E-state index contributed by atoms with van der Waals surface area (Å²) in [5.74, 6) is -1.32. The Balaban J connectivity index is 0.000000140. The molecule has 0 aliphatic carbocycles. The van der Waals surface area contributed by atoms with Gasteiger partial charge in [-0.15, -0.1) is 0 Å². The quantitative estimate of drug-likeness (QED) is 0.0772. The minimum absolute atomic E-state index is 0. The number of aromatic nitrogens is 1. The van der Waals surface area contributed by atoms with Crippen LogP contribution in [0.2, 0.25) is 0 Å².